The summed E-state index contributed by atoms with van der Waals surface area (Å²) in [6, 6.07) is 10.8. The average molecular weight is 249 g/mol. The van der Waals surface area contributed by atoms with E-state index in [0.717, 1.165) is 32.5 Å². The second-order valence-electron chi connectivity index (χ2n) is 4.82. The molecule has 0 saturated heterocycles. The van der Waals surface area contributed by atoms with E-state index in [9.17, 15) is 0 Å². The Morgan fingerprint density at radius 1 is 1.11 bits per heavy atom. The maximum Gasteiger partial charge on any atom is 0.0480 e. The Morgan fingerprint density at radius 2 is 1.72 bits per heavy atom. The molecule has 18 heavy (non-hydrogen) atoms. The second-order valence-corrected chi connectivity index (χ2v) is 4.82. The van der Waals surface area contributed by atoms with Gasteiger partial charge < -0.3 is 10.5 Å². The normalized spacial score (nSPS) is 13.6. The SMILES string of the molecule is CCOCCC(N)C(CC)(CC)c1ccccc1. The summed E-state index contributed by atoms with van der Waals surface area (Å²) in [5.74, 6) is 0. The molecule has 0 aromatic heterocycles. The third kappa shape index (κ3) is 3.33. The third-order valence-corrected chi connectivity index (χ3v) is 4.10. The molecule has 1 aromatic carbocycles. The highest BCUT2D eigenvalue weighted by Gasteiger charge is 2.34. The van der Waals surface area contributed by atoms with Crippen LogP contribution in [-0.4, -0.2) is 19.3 Å². The van der Waals surface area contributed by atoms with Gasteiger partial charge in [0.2, 0.25) is 0 Å². The maximum absolute atomic E-state index is 6.47. The summed E-state index contributed by atoms with van der Waals surface area (Å²) in [5.41, 5.74) is 7.91. The highest BCUT2D eigenvalue weighted by Crippen LogP contribution is 2.35. The van der Waals surface area contributed by atoms with E-state index in [2.05, 4.69) is 44.2 Å². The van der Waals surface area contributed by atoms with Crippen LogP contribution in [0, 0.1) is 0 Å². The van der Waals surface area contributed by atoms with Gasteiger partial charge in [-0.25, -0.2) is 0 Å². The van der Waals surface area contributed by atoms with Crippen LogP contribution in [0.1, 0.15) is 45.6 Å². The standard InChI is InChI=1S/C16H27NO/c1-4-16(5-2,14-10-8-7-9-11-14)15(17)12-13-18-6-3/h7-11,15H,4-6,12-13,17H2,1-3H3. The van der Waals surface area contributed by atoms with Crippen LogP contribution in [0.5, 0.6) is 0 Å². The molecule has 1 atom stereocenters. The minimum absolute atomic E-state index is 0.0817. The van der Waals surface area contributed by atoms with Gasteiger partial charge in [0, 0.05) is 24.7 Å². The molecule has 1 unspecified atom stereocenters. The molecule has 0 saturated carbocycles. The van der Waals surface area contributed by atoms with Crippen LogP contribution in [0.15, 0.2) is 30.3 Å². The monoisotopic (exact) mass is 249 g/mol. The van der Waals surface area contributed by atoms with Gasteiger partial charge >= 0.3 is 0 Å². The van der Waals surface area contributed by atoms with Crippen molar-refractivity contribution in [1.29, 1.82) is 0 Å². The molecule has 2 N–H and O–H groups in total. The van der Waals surface area contributed by atoms with E-state index >= 15 is 0 Å². The van der Waals surface area contributed by atoms with E-state index < -0.39 is 0 Å². The summed E-state index contributed by atoms with van der Waals surface area (Å²) in [5, 5.41) is 0. The number of ether oxygens (including phenoxy) is 1. The molecule has 1 rings (SSSR count). The lowest BCUT2D eigenvalue weighted by molar-refractivity contribution is 0.128. The molecule has 0 fully saturated rings. The fraction of sp³-hybridized carbons (Fsp3) is 0.625. The molecule has 0 spiro atoms. The largest absolute Gasteiger partial charge is 0.382 e. The summed E-state index contributed by atoms with van der Waals surface area (Å²) in [7, 11) is 0. The van der Waals surface area contributed by atoms with Crippen molar-refractivity contribution in [3.05, 3.63) is 35.9 Å². The van der Waals surface area contributed by atoms with Crippen molar-refractivity contribution >= 4 is 0 Å². The van der Waals surface area contributed by atoms with Crippen molar-refractivity contribution < 1.29 is 4.74 Å². The van der Waals surface area contributed by atoms with Gasteiger partial charge in [-0.15, -0.1) is 0 Å². The Bertz CT molecular complexity index is 319. The highest BCUT2D eigenvalue weighted by molar-refractivity contribution is 5.27. The van der Waals surface area contributed by atoms with Gasteiger partial charge in [-0.05, 0) is 31.7 Å². The number of hydrogen-bond acceptors (Lipinski definition) is 2. The van der Waals surface area contributed by atoms with Crippen molar-refractivity contribution in [3.63, 3.8) is 0 Å². The molecule has 1 aromatic rings. The first kappa shape index (κ1) is 15.2. The van der Waals surface area contributed by atoms with Crippen LogP contribution in [0.2, 0.25) is 0 Å². The Morgan fingerprint density at radius 3 is 2.22 bits per heavy atom. The van der Waals surface area contributed by atoms with E-state index in [0.29, 0.717) is 0 Å². The Hall–Kier alpha value is -0.860. The van der Waals surface area contributed by atoms with E-state index in [1.54, 1.807) is 0 Å². The van der Waals surface area contributed by atoms with E-state index in [1.807, 2.05) is 6.92 Å². The Kier molecular flexibility index (Phi) is 6.37. The van der Waals surface area contributed by atoms with Crippen molar-refractivity contribution in [2.45, 2.75) is 51.5 Å². The predicted molar refractivity (Wildman–Crippen MR) is 77.8 cm³/mol. The fourth-order valence-corrected chi connectivity index (χ4v) is 2.80. The van der Waals surface area contributed by atoms with E-state index in [4.69, 9.17) is 10.5 Å². The molecule has 0 bridgehead atoms. The van der Waals surface area contributed by atoms with Gasteiger partial charge in [0.25, 0.3) is 0 Å². The van der Waals surface area contributed by atoms with Crippen LogP contribution in [0.4, 0.5) is 0 Å². The molecular formula is C16H27NO. The van der Waals surface area contributed by atoms with Crippen LogP contribution in [0.25, 0.3) is 0 Å². The third-order valence-electron chi connectivity index (χ3n) is 4.10. The topological polar surface area (TPSA) is 35.2 Å². The zero-order valence-electron chi connectivity index (χ0n) is 12.0. The van der Waals surface area contributed by atoms with Crippen molar-refractivity contribution in [3.8, 4) is 0 Å². The van der Waals surface area contributed by atoms with Gasteiger partial charge in [0.15, 0.2) is 0 Å². The van der Waals surface area contributed by atoms with Crippen LogP contribution in [0.3, 0.4) is 0 Å². The lowest BCUT2D eigenvalue weighted by atomic mass is 9.69. The van der Waals surface area contributed by atoms with Gasteiger partial charge in [0.05, 0.1) is 0 Å². The number of benzene rings is 1. The molecule has 0 amide bonds. The first-order valence-electron chi connectivity index (χ1n) is 7.10. The van der Waals surface area contributed by atoms with E-state index in [-0.39, 0.29) is 11.5 Å². The van der Waals surface area contributed by atoms with Crippen LogP contribution in [-0.2, 0) is 10.2 Å². The van der Waals surface area contributed by atoms with Crippen molar-refractivity contribution in [2.24, 2.45) is 5.73 Å². The Balaban J connectivity index is 2.86. The van der Waals surface area contributed by atoms with Gasteiger partial charge in [-0.3, -0.25) is 0 Å². The Labute approximate surface area is 112 Å². The molecule has 0 heterocycles. The molecule has 2 nitrogen and oxygen atoms in total. The molecule has 0 aliphatic rings. The van der Waals surface area contributed by atoms with Gasteiger partial charge in [-0.2, -0.15) is 0 Å². The number of hydrogen-bond donors (Lipinski definition) is 1. The summed E-state index contributed by atoms with van der Waals surface area (Å²) >= 11 is 0. The summed E-state index contributed by atoms with van der Waals surface area (Å²) in [6.45, 7) is 8.01. The molecule has 0 radical (unpaired) electrons. The quantitative estimate of drug-likeness (QED) is 0.716. The molecule has 0 aliphatic carbocycles. The maximum atomic E-state index is 6.47. The minimum Gasteiger partial charge on any atom is -0.382 e. The van der Waals surface area contributed by atoms with Crippen molar-refractivity contribution in [1.82, 2.24) is 0 Å². The predicted octanol–water partition coefficient (Wildman–Crippen LogP) is 3.50. The second kappa shape index (κ2) is 7.55. The number of rotatable bonds is 8. The van der Waals surface area contributed by atoms with E-state index in [1.165, 1.54) is 5.56 Å². The molecule has 0 aliphatic heterocycles. The minimum atomic E-state index is 0.0817. The number of nitrogens with two attached hydrogens (primary N) is 1. The zero-order chi connectivity index (χ0) is 13.4. The van der Waals surface area contributed by atoms with Gasteiger partial charge in [0.1, 0.15) is 0 Å². The molecular weight excluding hydrogens is 222 g/mol. The summed E-state index contributed by atoms with van der Waals surface area (Å²) < 4.78 is 5.44. The lowest BCUT2D eigenvalue weighted by Crippen LogP contribution is -2.45. The zero-order valence-corrected chi connectivity index (χ0v) is 12.0. The lowest BCUT2D eigenvalue weighted by Gasteiger charge is -2.38. The fourth-order valence-electron chi connectivity index (χ4n) is 2.80. The molecule has 102 valence electrons. The summed E-state index contributed by atoms with van der Waals surface area (Å²) in [4.78, 5) is 0. The first-order valence-corrected chi connectivity index (χ1v) is 7.10. The summed E-state index contributed by atoms with van der Waals surface area (Å²) in [6.07, 6.45) is 3.06. The molecule has 2 heteroatoms. The van der Waals surface area contributed by atoms with Crippen LogP contribution < -0.4 is 5.73 Å². The van der Waals surface area contributed by atoms with Crippen molar-refractivity contribution in [2.75, 3.05) is 13.2 Å². The van der Waals surface area contributed by atoms with Gasteiger partial charge in [-0.1, -0.05) is 44.2 Å². The van der Waals surface area contributed by atoms with Crippen LogP contribution >= 0.6 is 0 Å². The highest BCUT2D eigenvalue weighted by atomic mass is 16.5. The average Bonchev–Trinajstić information content (AvgIpc) is 2.42. The first-order chi connectivity index (χ1) is 8.71. The smallest absolute Gasteiger partial charge is 0.0480 e.